The molecule has 0 radical (unpaired) electrons. The van der Waals surface area contributed by atoms with Crippen molar-refractivity contribution in [2.45, 2.75) is 19.9 Å². The number of amides is 2. The third kappa shape index (κ3) is 4.46. The number of nitrogens with one attached hydrogen (secondary N) is 3. The molecule has 3 N–H and O–H groups in total. The summed E-state index contributed by atoms with van der Waals surface area (Å²) in [5, 5.41) is 17.8. The minimum Gasteiger partial charge on any atom is -0.480 e. The second-order valence-electron chi connectivity index (χ2n) is 7.42. The number of fused-ring (bicyclic) bond motifs is 1. The van der Waals surface area contributed by atoms with Crippen molar-refractivity contribution in [3.8, 4) is 11.7 Å². The van der Waals surface area contributed by atoms with E-state index < -0.39 is 11.8 Å². The fraction of sp³-hybridized carbons (Fsp3) is 0.190. The highest BCUT2D eigenvalue weighted by Gasteiger charge is 2.26. The Morgan fingerprint density at radius 2 is 1.97 bits per heavy atom. The molecule has 4 rings (SSSR count). The molecule has 3 heterocycles. The van der Waals surface area contributed by atoms with Gasteiger partial charge in [-0.3, -0.25) is 14.7 Å². The second-order valence-corrected chi connectivity index (χ2v) is 9.02. The van der Waals surface area contributed by atoms with Gasteiger partial charge in [-0.1, -0.05) is 23.2 Å². The first-order chi connectivity index (χ1) is 16.2. The topological polar surface area (TPSA) is 127 Å². The number of ether oxygens (including phenoxy) is 1. The van der Waals surface area contributed by atoms with Crippen LogP contribution in [0.3, 0.4) is 0 Å². The summed E-state index contributed by atoms with van der Waals surface area (Å²) >= 11 is 16.2. The minimum atomic E-state index is -0.619. The van der Waals surface area contributed by atoms with Crippen LogP contribution in [0.15, 0.2) is 35.1 Å². The number of methoxy groups -OCH3 is 1. The molecule has 0 bridgehead atoms. The Kier molecular flexibility index (Phi) is 6.78. The molecule has 0 aliphatic carbocycles. The number of nitrogens with zero attached hydrogens (tertiary/aromatic N) is 4. The van der Waals surface area contributed by atoms with Gasteiger partial charge in [0.15, 0.2) is 5.82 Å². The standard InChI is InChI=1S/C21H18BrCl2N7O3/c1-9(2)26-21(33)15-16-10(18(22)29-28-16)7-12(24)17(15)27-20(32)13-8-14(34-3)30-31(13)19-11(23)5-4-6-25-19/h4-9H,1-3H3,(H,26,33)(H,27,32)(H,28,29). The van der Waals surface area contributed by atoms with Crippen molar-refractivity contribution in [1.29, 1.82) is 0 Å². The van der Waals surface area contributed by atoms with E-state index in [4.69, 9.17) is 27.9 Å². The van der Waals surface area contributed by atoms with E-state index >= 15 is 0 Å². The van der Waals surface area contributed by atoms with Crippen LogP contribution < -0.4 is 15.4 Å². The normalized spacial score (nSPS) is 11.1. The number of hydrogen-bond acceptors (Lipinski definition) is 6. The zero-order valence-electron chi connectivity index (χ0n) is 18.1. The number of aromatic amines is 1. The molecule has 10 nitrogen and oxygen atoms in total. The average Bonchev–Trinajstić information content (AvgIpc) is 3.38. The SMILES string of the molecule is COc1cc(C(=O)Nc2c(Cl)cc3c(Br)[nH]nc3c2C(=O)NC(C)C)n(-c2ncccc2Cl)n1. The lowest BCUT2D eigenvalue weighted by Gasteiger charge is -2.16. The number of anilines is 1. The molecule has 0 unspecified atom stereocenters. The Bertz CT molecular complexity index is 1420. The Balaban J connectivity index is 1.83. The highest BCUT2D eigenvalue weighted by atomic mass is 79.9. The van der Waals surface area contributed by atoms with E-state index in [-0.39, 0.29) is 44.7 Å². The van der Waals surface area contributed by atoms with Crippen LogP contribution >= 0.6 is 39.1 Å². The maximum absolute atomic E-state index is 13.4. The van der Waals surface area contributed by atoms with Gasteiger partial charge < -0.3 is 15.4 Å². The van der Waals surface area contributed by atoms with Crippen LogP contribution in [0, 0.1) is 0 Å². The van der Waals surface area contributed by atoms with Crippen molar-refractivity contribution in [1.82, 2.24) is 30.3 Å². The quantitative estimate of drug-likeness (QED) is 0.313. The van der Waals surface area contributed by atoms with E-state index in [0.29, 0.717) is 15.5 Å². The summed E-state index contributed by atoms with van der Waals surface area (Å²) in [6, 6.07) is 6.13. The van der Waals surface area contributed by atoms with Crippen LogP contribution in [-0.4, -0.2) is 49.9 Å². The number of halogens is 3. The fourth-order valence-corrected chi connectivity index (χ4v) is 4.10. The largest absolute Gasteiger partial charge is 0.480 e. The van der Waals surface area contributed by atoms with Gasteiger partial charge in [-0.05, 0) is 48.0 Å². The summed E-state index contributed by atoms with van der Waals surface area (Å²) in [7, 11) is 1.42. The number of aromatic nitrogens is 5. The first-order valence-electron chi connectivity index (χ1n) is 9.94. The van der Waals surface area contributed by atoms with Crippen molar-refractivity contribution >= 4 is 67.5 Å². The van der Waals surface area contributed by atoms with Crippen LogP contribution in [-0.2, 0) is 0 Å². The van der Waals surface area contributed by atoms with Gasteiger partial charge in [0.25, 0.3) is 11.8 Å². The molecule has 0 saturated carbocycles. The Morgan fingerprint density at radius 1 is 1.21 bits per heavy atom. The van der Waals surface area contributed by atoms with Gasteiger partial charge in [0.2, 0.25) is 5.88 Å². The molecule has 0 aliphatic rings. The third-order valence-electron chi connectivity index (χ3n) is 4.71. The van der Waals surface area contributed by atoms with E-state index in [2.05, 4.69) is 46.8 Å². The zero-order valence-corrected chi connectivity index (χ0v) is 21.2. The third-order valence-corrected chi connectivity index (χ3v) is 5.91. The molecule has 1 aromatic carbocycles. The van der Waals surface area contributed by atoms with Gasteiger partial charge in [0, 0.05) is 23.7 Å². The van der Waals surface area contributed by atoms with E-state index in [9.17, 15) is 9.59 Å². The molecular formula is C21H18BrCl2N7O3. The first kappa shape index (κ1) is 24.0. The molecular weight excluding hydrogens is 549 g/mol. The summed E-state index contributed by atoms with van der Waals surface area (Å²) in [4.78, 5) is 30.7. The van der Waals surface area contributed by atoms with Gasteiger partial charge in [0.05, 0.1) is 28.4 Å². The maximum Gasteiger partial charge on any atom is 0.274 e. The number of hydrogen-bond donors (Lipinski definition) is 3. The average molecular weight is 567 g/mol. The van der Waals surface area contributed by atoms with Crippen molar-refractivity contribution in [3.05, 3.63) is 56.4 Å². The highest BCUT2D eigenvalue weighted by Crippen LogP contribution is 2.36. The Labute approximate surface area is 212 Å². The van der Waals surface area contributed by atoms with Crippen molar-refractivity contribution in [2.24, 2.45) is 0 Å². The van der Waals surface area contributed by atoms with Crippen LogP contribution in [0.4, 0.5) is 5.69 Å². The van der Waals surface area contributed by atoms with Gasteiger partial charge in [-0.15, -0.1) is 5.10 Å². The lowest BCUT2D eigenvalue weighted by Crippen LogP contribution is -2.31. The smallest absolute Gasteiger partial charge is 0.274 e. The molecule has 4 aromatic rings. The molecule has 0 spiro atoms. The summed E-state index contributed by atoms with van der Waals surface area (Å²) in [6.07, 6.45) is 1.52. The highest BCUT2D eigenvalue weighted by molar-refractivity contribution is 9.10. The van der Waals surface area contributed by atoms with Gasteiger partial charge >= 0.3 is 0 Å². The first-order valence-corrected chi connectivity index (χ1v) is 11.5. The van der Waals surface area contributed by atoms with E-state index in [0.717, 1.165) is 0 Å². The summed E-state index contributed by atoms with van der Waals surface area (Å²) in [5.74, 6) is -0.668. The number of rotatable bonds is 6. The number of carbonyl (C=O) groups is 2. The predicted molar refractivity (Wildman–Crippen MR) is 132 cm³/mol. The fourth-order valence-electron chi connectivity index (χ4n) is 3.26. The Morgan fingerprint density at radius 3 is 2.65 bits per heavy atom. The van der Waals surface area contributed by atoms with Crippen LogP contribution in [0.2, 0.25) is 10.0 Å². The zero-order chi connectivity index (χ0) is 24.6. The monoisotopic (exact) mass is 565 g/mol. The van der Waals surface area contributed by atoms with Crippen molar-refractivity contribution < 1.29 is 14.3 Å². The summed E-state index contributed by atoms with van der Waals surface area (Å²) < 4.78 is 7.00. The second kappa shape index (κ2) is 9.61. The van der Waals surface area contributed by atoms with Crippen molar-refractivity contribution in [2.75, 3.05) is 12.4 Å². The van der Waals surface area contributed by atoms with E-state index in [1.54, 1.807) is 18.2 Å². The van der Waals surface area contributed by atoms with E-state index in [1.807, 2.05) is 13.8 Å². The number of carbonyl (C=O) groups excluding carboxylic acids is 2. The molecule has 3 aromatic heterocycles. The van der Waals surface area contributed by atoms with Crippen LogP contribution in [0.25, 0.3) is 16.7 Å². The molecule has 34 heavy (non-hydrogen) atoms. The molecule has 2 amide bonds. The molecule has 0 aliphatic heterocycles. The summed E-state index contributed by atoms with van der Waals surface area (Å²) in [6.45, 7) is 3.64. The van der Waals surface area contributed by atoms with Gasteiger partial charge in [-0.2, -0.15) is 5.10 Å². The number of H-pyrrole nitrogens is 1. The Hall–Kier alpha value is -3.15. The van der Waals surface area contributed by atoms with Crippen molar-refractivity contribution in [3.63, 3.8) is 0 Å². The lowest BCUT2D eigenvalue weighted by molar-refractivity contribution is 0.0945. The number of pyridine rings is 1. The molecule has 0 atom stereocenters. The molecule has 0 saturated heterocycles. The molecule has 13 heteroatoms. The molecule has 0 fully saturated rings. The van der Waals surface area contributed by atoms with Gasteiger partial charge in [-0.25, -0.2) is 9.67 Å². The minimum absolute atomic E-state index is 0.0621. The van der Waals surface area contributed by atoms with Crippen LogP contribution in [0.1, 0.15) is 34.7 Å². The van der Waals surface area contributed by atoms with Gasteiger partial charge in [0.1, 0.15) is 15.8 Å². The van der Waals surface area contributed by atoms with E-state index in [1.165, 1.54) is 24.1 Å². The maximum atomic E-state index is 13.4. The van der Waals surface area contributed by atoms with Crippen LogP contribution in [0.5, 0.6) is 5.88 Å². The lowest BCUT2D eigenvalue weighted by atomic mass is 10.1. The predicted octanol–water partition coefficient (Wildman–Crippen LogP) is 4.61. The summed E-state index contributed by atoms with van der Waals surface area (Å²) in [5.41, 5.74) is 0.603. The number of benzene rings is 1. The molecule has 176 valence electrons.